The summed E-state index contributed by atoms with van der Waals surface area (Å²) in [6.45, 7) is 12.1. The quantitative estimate of drug-likeness (QED) is 0.208. The maximum Gasteiger partial charge on any atom is 0.408 e. The van der Waals surface area contributed by atoms with Crippen molar-refractivity contribution in [1.29, 1.82) is 0 Å². The number of carbonyl (C=O) groups excluding carboxylic acids is 3. The van der Waals surface area contributed by atoms with Crippen molar-refractivity contribution in [3.05, 3.63) is 108 Å². The Morgan fingerprint density at radius 3 is 1.45 bits per heavy atom. The van der Waals surface area contributed by atoms with Crippen LogP contribution in [0.2, 0.25) is 0 Å². The lowest BCUT2D eigenvalue weighted by atomic mass is 9.84. The molecule has 0 heterocycles. The summed E-state index contributed by atoms with van der Waals surface area (Å²) < 4.78 is 10.3. The van der Waals surface area contributed by atoms with E-state index in [2.05, 4.69) is 47.0 Å². The van der Waals surface area contributed by atoms with E-state index in [4.69, 9.17) is 9.47 Å². The van der Waals surface area contributed by atoms with Crippen molar-refractivity contribution in [2.45, 2.75) is 76.5 Å². The molecule has 224 valence electrons. The number of thioether (sulfide) groups is 1. The third-order valence-corrected chi connectivity index (χ3v) is 7.78. The van der Waals surface area contributed by atoms with Gasteiger partial charge in [-0.1, -0.05) is 91.0 Å². The van der Waals surface area contributed by atoms with Gasteiger partial charge in [-0.05, 0) is 65.2 Å². The first kappa shape index (κ1) is 32.7. The summed E-state index contributed by atoms with van der Waals surface area (Å²) in [5, 5.41) is 5.38. The molecule has 8 heteroatoms. The van der Waals surface area contributed by atoms with Crippen LogP contribution in [0.25, 0.3) is 0 Å². The predicted octanol–water partition coefficient (Wildman–Crippen LogP) is 6.45. The van der Waals surface area contributed by atoms with Crippen LogP contribution < -0.4 is 10.6 Å². The van der Waals surface area contributed by atoms with Crippen LogP contribution in [0.15, 0.2) is 91.0 Å². The topological polar surface area (TPSA) is 93.7 Å². The molecule has 2 amide bonds. The lowest BCUT2D eigenvalue weighted by Crippen LogP contribution is -2.53. The molecule has 0 saturated heterocycles. The molecule has 0 radical (unpaired) electrons. The highest BCUT2D eigenvalue weighted by Crippen LogP contribution is 2.48. The molecule has 2 N–H and O–H groups in total. The highest BCUT2D eigenvalue weighted by molar-refractivity contribution is 8.00. The molecule has 0 saturated carbocycles. The van der Waals surface area contributed by atoms with Crippen molar-refractivity contribution in [1.82, 2.24) is 10.6 Å². The standard InChI is InChI=1S/C34H42N2O5S/c1-24(35-31(39)41-33(5,6)7)29(37)36-28(30(38)40-32(2,3)4)23-42-34(25-17-11-8-12-18-25,26-19-13-9-14-20-26)27-21-15-10-16-22-27/h8-22,24,28H,23H2,1-7H3,(H,35,39)(H,36,37)/t24-,28-/m0/s1. The third kappa shape index (κ3) is 9.11. The molecule has 0 aromatic heterocycles. The van der Waals surface area contributed by atoms with Gasteiger partial charge in [-0.25, -0.2) is 9.59 Å². The molecular formula is C34H42N2O5S. The summed E-state index contributed by atoms with van der Waals surface area (Å²) in [6.07, 6.45) is -0.718. The van der Waals surface area contributed by atoms with Crippen LogP contribution in [0, 0.1) is 0 Å². The van der Waals surface area contributed by atoms with Crippen molar-refractivity contribution in [3.8, 4) is 0 Å². The number of esters is 1. The monoisotopic (exact) mass is 590 g/mol. The van der Waals surface area contributed by atoms with E-state index in [1.807, 2.05) is 54.6 Å². The van der Waals surface area contributed by atoms with Crippen molar-refractivity contribution in [3.63, 3.8) is 0 Å². The van der Waals surface area contributed by atoms with E-state index in [0.717, 1.165) is 16.7 Å². The molecule has 0 bridgehead atoms. The first-order valence-corrected chi connectivity index (χ1v) is 15.0. The summed E-state index contributed by atoms with van der Waals surface area (Å²) in [7, 11) is 0. The van der Waals surface area contributed by atoms with Crippen molar-refractivity contribution < 1.29 is 23.9 Å². The first-order valence-electron chi connectivity index (χ1n) is 14.0. The molecule has 0 aliphatic heterocycles. The van der Waals surface area contributed by atoms with E-state index >= 15 is 0 Å². The van der Waals surface area contributed by atoms with Crippen molar-refractivity contribution >= 4 is 29.7 Å². The molecule has 42 heavy (non-hydrogen) atoms. The largest absolute Gasteiger partial charge is 0.458 e. The van der Waals surface area contributed by atoms with Gasteiger partial charge in [-0.2, -0.15) is 0 Å². The Kier molecular flexibility index (Phi) is 10.9. The number of nitrogens with one attached hydrogen (secondary N) is 2. The van der Waals surface area contributed by atoms with Gasteiger partial charge in [-0.3, -0.25) is 4.79 Å². The Balaban J connectivity index is 1.98. The second-order valence-electron chi connectivity index (χ2n) is 12.1. The smallest absolute Gasteiger partial charge is 0.408 e. The van der Waals surface area contributed by atoms with Gasteiger partial charge in [0.1, 0.15) is 23.3 Å². The van der Waals surface area contributed by atoms with E-state index in [0.29, 0.717) is 0 Å². The number of ether oxygens (including phenoxy) is 2. The van der Waals surface area contributed by atoms with Gasteiger partial charge in [0, 0.05) is 5.75 Å². The molecule has 7 nitrogen and oxygen atoms in total. The van der Waals surface area contributed by atoms with Gasteiger partial charge in [0.2, 0.25) is 5.91 Å². The number of hydrogen-bond donors (Lipinski definition) is 2. The molecule has 0 aliphatic rings. The second kappa shape index (κ2) is 13.9. The van der Waals surface area contributed by atoms with Crippen LogP contribution >= 0.6 is 11.8 Å². The molecular weight excluding hydrogens is 548 g/mol. The molecule has 3 aromatic rings. The number of hydrogen-bond acceptors (Lipinski definition) is 6. The van der Waals surface area contributed by atoms with Gasteiger partial charge in [-0.15, -0.1) is 11.8 Å². The minimum absolute atomic E-state index is 0.193. The Morgan fingerprint density at radius 2 is 1.07 bits per heavy atom. The SMILES string of the molecule is C[C@H](NC(=O)OC(C)(C)C)C(=O)N[C@@H](CSC(c1ccccc1)(c1ccccc1)c1ccccc1)C(=O)OC(C)(C)C. The minimum Gasteiger partial charge on any atom is -0.458 e. The third-order valence-electron chi connectivity index (χ3n) is 6.14. The first-order chi connectivity index (χ1) is 19.7. The molecule has 3 aromatic carbocycles. The highest BCUT2D eigenvalue weighted by atomic mass is 32.2. The number of alkyl carbamates (subject to hydrolysis) is 1. The average molecular weight is 591 g/mol. The zero-order chi connectivity index (χ0) is 31.0. The van der Waals surface area contributed by atoms with Gasteiger partial charge >= 0.3 is 12.1 Å². The fraction of sp³-hybridized carbons (Fsp3) is 0.382. The van der Waals surface area contributed by atoms with E-state index in [-0.39, 0.29) is 5.75 Å². The average Bonchev–Trinajstić information content (AvgIpc) is 2.92. The second-order valence-corrected chi connectivity index (χ2v) is 13.3. The van der Waals surface area contributed by atoms with Crippen LogP contribution in [0.3, 0.4) is 0 Å². The lowest BCUT2D eigenvalue weighted by molar-refractivity contribution is -0.158. The lowest BCUT2D eigenvalue weighted by Gasteiger charge is -2.36. The van der Waals surface area contributed by atoms with Gasteiger partial charge in [0.15, 0.2) is 0 Å². The maximum atomic E-state index is 13.5. The number of rotatable bonds is 10. The van der Waals surface area contributed by atoms with Crippen LogP contribution in [-0.2, 0) is 23.8 Å². The maximum absolute atomic E-state index is 13.5. The molecule has 0 unspecified atom stereocenters. The van der Waals surface area contributed by atoms with Crippen LogP contribution in [0.5, 0.6) is 0 Å². The fourth-order valence-electron chi connectivity index (χ4n) is 4.37. The van der Waals surface area contributed by atoms with Gasteiger partial charge in [0.05, 0.1) is 4.75 Å². The van der Waals surface area contributed by atoms with Gasteiger partial charge in [0.25, 0.3) is 0 Å². The predicted molar refractivity (Wildman–Crippen MR) is 168 cm³/mol. The Bertz CT molecular complexity index is 1220. The van der Waals surface area contributed by atoms with Crippen molar-refractivity contribution in [2.24, 2.45) is 0 Å². The highest BCUT2D eigenvalue weighted by Gasteiger charge is 2.39. The Labute approximate surface area is 253 Å². The fourth-order valence-corrected chi connectivity index (χ4v) is 5.91. The normalized spacial score (nSPS) is 13.4. The number of benzene rings is 3. The molecule has 2 atom stereocenters. The van der Waals surface area contributed by atoms with Crippen LogP contribution in [0.4, 0.5) is 4.79 Å². The minimum atomic E-state index is -1.000. The molecule has 0 fully saturated rings. The van der Waals surface area contributed by atoms with E-state index < -0.39 is 46.0 Å². The number of carbonyl (C=O) groups is 3. The molecule has 3 rings (SSSR count). The van der Waals surface area contributed by atoms with Crippen LogP contribution in [-0.4, -0.2) is 47.0 Å². The van der Waals surface area contributed by atoms with Gasteiger partial charge < -0.3 is 20.1 Å². The molecule has 0 aliphatic carbocycles. The Hall–Kier alpha value is -3.78. The summed E-state index contributed by atoms with van der Waals surface area (Å²) in [5.74, 6) is -0.892. The zero-order valence-corrected chi connectivity index (χ0v) is 26.3. The van der Waals surface area contributed by atoms with Crippen LogP contribution in [0.1, 0.15) is 65.2 Å². The van der Waals surface area contributed by atoms with E-state index in [9.17, 15) is 14.4 Å². The summed E-state index contributed by atoms with van der Waals surface area (Å²) in [6, 6.07) is 28.3. The summed E-state index contributed by atoms with van der Waals surface area (Å²) >= 11 is 1.54. The molecule has 0 spiro atoms. The zero-order valence-electron chi connectivity index (χ0n) is 25.5. The summed E-state index contributed by atoms with van der Waals surface area (Å²) in [5.41, 5.74) is 1.61. The van der Waals surface area contributed by atoms with E-state index in [1.165, 1.54) is 11.8 Å². The Morgan fingerprint density at radius 1 is 0.667 bits per heavy atom. The number of amides is 2. The summed E-state index contributed by atoms with van der Waals surface area (Å²) in [4.78, 5) is 39.1. The van der Waals surface area contributed by atoms with E-state index in [1.54, 1.807) is 48.5 Å². The van der Waals surface area contributed by atoms with Crippen molar-refractivity contribution in [2.75, 3.05) is 5.75 Å².